The zero-order chi connectivity index (χ0) is 17.8. The molecule has 0 aliphatic heterocycles. The lowest BCUT2D eigenvalue weighted by Gasteiger charge is -2.11. The highest BCUT2D eigenvalue weighted by atomic mass is 16.5. The van der Waals surface area contributed by atoms with E-state index in [1.807, 2.05) is 41.1 Å². The number of rotatable bonds is 3. The molecule has 1 aliphatic rings. The van der Waals surface area contributed by atoms with Crippen molar-refractivity contribution in [2.75, 3.05) is 12.8 Å². The maximum Gasteiger partial charge on any atom is 0.221 e. The zero-order valence-electron chi connectivity index (χ0n) is 14.3. The minimum atomic E-state index is 0.207. The lowest BCUT2D eigenvalue weighted by molar-refractivity contribution is 0.400. The second-order valence-electron chi connectivity index (χ2n) is 6.64. The molecule has 1 aromatic carbocycles. The van der Waals surface area contributed by atoms with Crippen LogP contribution in [0.4, 0.5) is 5.69 Å². The molecule has 0 unspecified atom stereocenters. The van der Waals surface area contributed by atoms with Crippen LogP contribution in [0.1, 0.15) is 18.9 Å². The molecule has 3 N–H and O–H groups in total. The Morgan fingerprint density at radius 2 is 2.00 bits per heavy atom. The van der Waals surface area contributed by atoms with Crippen LogP contribution in [0.5, 0.6) is 11.8 Å². The van der Waals surface area contributed by atoms with Crippen molar-refractivity contribution >= 4 is 27.5 Å². The van der Waals surface area contributed by atoms with E-state index in [4.69, 9.17) is 15.5 Å². The minimum absolute atomic E-state index is 0.207. The maximum absolute atomic E-state index is 10.6. The first kappa shape index (κ1) is 15.0. The summed E-state index contributed by atoms with van der Waals surface area (Å²) in [4.78, 5) is 9.13. The molecular formula is C20H18N4O2. The van der Waals surface area contributed by atoms with Crippen LogP contribution in [0.2, 0.25) is 0 Å². The number of fused-ring (bicyclic) bond motifs is 2. The van der Waals surface area contributed by atoms with E-state index in [2.05, 4.69) is 4.98 Å². The van der Waals surface area contributed by atoms with E-state index in [1.54, 1.807) is 13.3 Å². The van der Waals surface area contributed by atoms with Gasteiger partial charge in [0, 0.05) is 34.9 Å². The summed E-state index contributed by atoms with van der Waals surface area (Å²) in [5, 5.41) is 12.1. The van der Waals surface area contributed by atoms with E-state index >= 15 is 0 Å². The van der Waals surface area contributed by atoms with Crippen LogP contribution in [-0.4, -0.2) is 26.8 Å². The van der Waals surface area contributed by atoms with Gasteiger partial charge in [0.2, 0.25) is 11.8 Å². The Bertz CT molecular complexity index is 1160. The van der Waals surface area contributed by atoms with E-state index in [1.165, 1.54) is 0 Å². The normalized spacial score (nSPS) is 14.2. The number of hydrogen-bond donors (Lipinski definition) is 2. The van der Waals surface area contributed by atoms with Crippen LogP contribution < -0.4 is 10.5 Å². The highest BCUT2D eigenvalue weighted by molar-refractivity contribution is 6.12. The molecule has 6 nitrogen and oxygen atoms in total. The molecule has 3 aromatic heterocycles. The molecule has 0 amide bonds. The molecule has 1 saturated carbocycles. The third-order valence-corrected chi connectivity index (χ3v) is 5.01. The van der Waals surface area contributed by atoms with Crippen molar-refractivity contribution in [1.29, 1.82) is 0 Å². The number of benzene rings is 1. The molecular weight excluding hydrogens is 328 g/mol. The predicted molar refractivity (Wildman–Crippen MR) is 101 cm³/mol. The maximum atomic E-state index is 10.6. The fourth-order valence-electron chi connectivity index (χ4n) is 3.59. The first-order valence-electron chi connectivity index (χ1n) is 8.60. The van der Waals surface area contributed by atoms with Crippen molar-refractivity contribution in [3.8, 4) is 22.9 Å². The summed E-state index contributed by atoms with van der Waals surface area (Å²) < 4.78 is 7.30. The fraction of sp³-hybridized carbons (Fsp3) is 0.200. The largest absolute Gasteiger partial charge is 0.494 e. The summed E-state index contributed by atoms with van der Waals surface area (Å²) in [5.41, 5.74) is 10.2. The highest BCUT2D eigenvalue weighted by Crippen LogP contribution is 2.45. The topological polar surface area (TPSA) is 86.2 Å². The summed E-state index contributed by atoms with van der Waals surface area (Å²) in [6.45, 7) is 0. The van der Waals surface area contributed by atoms with Crippen LogP contribution in [0.25, 0.3) is 32.9 Å². The molecule has 4 aromatic rings. The van der Waals surface area contributed by atoms with Gasteiger partial charge in [-0.25, -0.2) is 9.97 Å². The lowest BCUT2D eigenvalue weighted by Crippen LogP contribution is -1.95. The second-order valence-corrected chi connectivity index (χ2v) is 6.64. The number of hydrogen-bond acceptors (Lipinski definition) is 5. The van der Waals surface area contributed by atoms with Gasteiger partial charge < -0.3 is 20.1 Å². The Morgan fingerprint density at radius 1 is 1.19 bits per heavy atom. The van der Waals surface area contributed by atoms with Gasteiger partial charge >= 0.3 is 0 Å². The Morgan fingerprint density at radius 3 is 2.77 bits per heavy atom. The third kappa shape index (κ3) is 2.05. The Labute approximate surface area is 149 Å². The summed E-state index contributed by atoms with van der Waals surface area (Å²) in [6.07, 6.45) is 5.74. The number of anilines is 1. The van der Waals surface area contributed by atoms with Crippen LogP contribution in [0.15, 0.2) is 42.7 Å². The third-order valence-electron chi connectivity index (χ3n) is 5.01. The van der Waals surface area contributed by atoms with E-state index in [0.717, 1.165) is 34.9 Å². The van der Waals surface area contributed by atoms with Gasteiger partial charge in [-0.1, -0.05) is 18.2 Å². The van der Waals surface area contributed by atoms with Gasteiger partial charge in [0.15, 0.2) is 0 Å². The number of nitrogens with zero attached hydrogens (tertiary/aromatic N) is 3. The van der Waals surface area contributed by atoms with Gasteiger partial charge in [0.25, 0.3) is 0 Å². The predicted octanol–water partition coefficient (Wildman–Crippen LogP) is 3.88. The number of nitrogens with two attached hydrogens (primary N) is 1. The molecule has 0 saturated heterocycles. The average Bonchev–Trinajstić information content (AvgIpc) is 3.45. The minimum Gasteiger partial charge on any atom is -0.494 e. The van der Waals surface area contributed by atoms with Gasteiger partial charge in [-0.05, 0) is 25.0 Å². The number of nitrogen functional groups attached to an aromatic ring is 1. The van der Waals surface area contributed by atoms with E-state index in [9.17, 15) is 5.11 Å². The average molecular weight is 346 g/mol. The molecule has 0 atom stereocenters. The van der Waals surface area contributed by atoms with Crippen molar-refractivity contribution < 1.29 is 9.84 Å². The van der Waals surface area contributed by atoms with Crippen molar-refractivity contribution in [1.82, 2.24) is 14.5 Å². The molecule has 3 heterocycles. The SMILES string of the molecule is COc1ncccc1-c1cccc2c(N)c3c(O)n(C4CC4)cc3nc12. The Balaban J connectivity index is 1.85. The Kier molecular flexibility index (Phi) is 3.09. The number of aromatic hydroxyl groups is 1. The van der Waals surface area contributed by atoms with E-state index in [-0.39, 0.29) is 5.88 Å². The zero-order valence-corrected chi connectivity index (χ0v) is 14.3. The van der Waals surface area contributed by atoms with Gasteiger partial charge in [0.1, 0.15) is 0 Å². The van der Waals surface area contributed by atoms with Crippen LogP contribution >= 0.6 is 0 Å². The number of aromatic nitrogens is 3. The van der Waals surface area contributed by atoms with Crippen molar-refractivity contribution in [3.63, 3.8) is 0 Å². The monoisotopic (exact) mass is 346 g/mol. The quantitative estimate of drug-likeness (QED) is 0.588. The van der Waals surface area contributed by atoms with Gasteiger partial charge in [-0.3, -0.25) is 0 Å². The molecule has 5 rings (SSSR count). The standard InChI is InChI=1S/C20H18N4O2/c1-26-19-13(6-3-9-22-19)12-4-2-5-14-17(21)16-15(23-18(12)14)10-24(20(16)25)11-7-8-11/h2-6,9-11,25H,7-8,21H2,1H3. The first-order chi connectivity index (χ1) is 12.7. The number of pyridine rings is 2. The van der Waals surface area contributed by atoms with E-state index in [0.29, 0.717) is 28.5 Å². The van der Waals surface area contributed by atoms with Crippen molar-refractivity contribution in [2.24, 2.45) is 0 Å². The molecule has 1 aliphatic carbocycles. The number of methoxy groups -OCH3 is 1. The van der Waals surface area contributed by atoms with Gasteiger partial charge in [-0.15, -0.1) is 0 Å². The van der Waals surface area contributed by atoms with Gasteiger partial charge in [-0.2, -0.15) is 0 Å². The molecule has 26 heavy (non-hydrogen) atoms. The first-order valence-corrected chi connectivity index (χ1v) is 8.60. The van der Waals surface area contributed by atoms with Crippen LogP contribution in [0.3, 0.4) is 0 Å². The molecule has 6 heteroatoms. The van der Waals surface area contributed by atoms with E-state index < -0.39 is 0 Å². The number of para-hydroxylation sites is 1. The highest BCUT2D eigenvalue weighted by Gasteiger charge is 2.28. The summed E-state index contributed by atoms with van der Waals surface area (Å²) >= 11 is 0. The summed E-state index contributed by atoms with van der Waals surface area (Å²) in [5.74, 6) is 0.748. The molecule has 130 valence electrons. The second kappa shape index (κ2) is 5.36. The smallest absolute Gasteiger partial charge is 0.221 e. The lowest BCUT2D eigenvalue weighted by atomic mass is 10.0. The van der Waals surface area contributed by atoms with Crippen LogP contribution in [0, 0.1) is 0 Å². The van der Waals surface area contributed by atoms with Gasteiger partial charge in [0.05, 0.1) is 29.2 Å². The Hall–Kier alpha value is -3.28. The summed E-state index contributed by atoms with van der Waals surface area (Å²) in [6, 6.07) is 10.0. The number of ether oxygens (including phenoxy) is 1. The molecule has 1 fully saturated rings. The van der Waals surface area contributed by atoms with Crippen LogP contribution in [-0.2, 0) is 0 Å². The fourth-order valence-corrected chi connectivity index (χ4v) is 3.59. The molecule has 0 bridgehead atoms. The van der Waals surface area contributed by atoms with Crippen molar-refractivity contribution in [2.45, 2.75) is 18.9 Å². The van der Waals surface area contributed by atoms with Crippen molar-refractivity contribution in [3.05, 3.63) is 42.7 Å². The molecule has 0 spiro atoms. The molecule has 0 radical (unpaired) electrons. The summed E-state index contributed by atoms with van der Waals surface area (Å²) in [7, 11) is 1.60.